The molecule has 0 bridgehead atoms. The first-order valence-electron chi connectivity index (χ1n) is 9.86. The van der Waals surface area contributed by atoms with Gasteiger partial charge in [0, 0.05) is 45.3 Å². The molecule has 1 aromatic heterocycles. The zero-order valence-corrected chi connectivity index (χ0v) is 16.5. The van der Waals surface area contributed by atoms with E-state index in [4.69, 9.17) is 5.11 Å². The van der Waals surface area contributed by atoms with Gasteiger partial charge in [-0.2, -0.15) is 5.10 Å². The Bertz CT molecular complexity index is 804. The molecule has 3 rings (SSSR count). The molecule has 0 saturated carbocycles. The van der Waals surface area contributed by atoms with E-state index < -0.39 is 17.8 Å². The van der Waals surface area contributed by atoms with Crippen LogP contribution in [0.4, 0.5) is 0 Å². The summed E-state index contributed by atoms with van der Waals surface area (Å²) in [4.78, 5) is 42.1. The SMILES string of the molecule is C[C@@H](CNC(=O)c1cc2n(n1)CCCN(CCCNC1=NCCN1)C2=O)C(=O)O. The molecule has 0 fully saturated rings. The van der Waals surface area contributed by atoms with E-state index in [1.54, 1.807) is 9.58 Å². The van der Waals surface area contributed by atoms with Gasteiger partial charge in [-0.15, -0.1) is 0 Å². The van der Waals surface area contributed by atoms with Gasteiger partial charge in [0.15, 0.2) is 11.7 Å². The first-order chi connectivity index (χ1) is 14.0. The second-order valence-electron chi connectivity index (χ2n) is 7.17. The van der Waals surface area contributed by atoms with Crippen molar-refractivity contribution in [2.75, 3.05) is 39.3 Å². The molecule has 2 aliphatic rings. The Hall–Kier alpha value is -3.11. The van der Waals surface area contributed by atoms with Crippen molar-refractivity contribution in [3.05, 3.63) is 17.5 Å². The highest BCUT2D eigenvalue weighted by molar-refractivity contribution is 5.98. The average Bonchev–Trinajstić information content (AvgIpc) is 3.34. The number of carbonyl (C=O) groups is 3. The number of carboxylic acids is 1. The van der Waals surface area contributed by atoms with Gasteiger partial charge in [0.25, 0.3) is 11.8 Å². The van der Waals surface area contributed by atoms with Crippen LogP contribution in [0.25, 0.3) is 0 Å². The maximum atomic E-state index is 12.9. The van der Waals surface area contributed by atoms with Crippen LogP contribution < -0.4 is 16.0 Å². The maximum absolute atomic E-state index is 12.9. The topological polar surface area (TPSA) is 141 Å². The normalized spacial score (nSPS) is 17.1. The molecule has 11 heteroatoms. The molecule has 11 nitrogen and oxygen atoms in total. The van der Waals surface area contributed by atoms with Gasteiger partial charge >= 0.3 is 5.97 Å². The highest BCUT2D eigenvalue weighted by Crippen LogP contribution is 2.14. The zero-order chi connectivity index (χ0) is 20.8. The molecule has 0 aliphatic carbocycles. The van der Waals surface area contributed by atoms with Crippen LogP contribution in [0.3, 0.4) is 0 Å². The average molecular weight is 405 g/mol. The number of rotatable bonds is 8. The van der Waals surface area contributed by atoms with Gasteiger partial charge in [0.05, 0.1) is 12.5 Å². The first-order valence-corrected chi connectivity index (χ1v) is 9.86. The minimum Gasteiger partial charge on any atom is -0.481 e. The number of guanidine groups is 1. The Balaban J connectivity index is 1.55. The molecule has 1 atom stereocenters. The Morgan fingerprint density at radius 3 is 2.93 bits per heavy atom. The summed E-state index contributed by atoms with van der Waals surface area (Å²) in [5.41, 5.74) is 0.508. The molecule has 0 radical (unpaired) electrons. The second-order valence-corrected chi connectivity index (χ2v) is 7.17. The van der Waals surface area contributed by atoms with E-state index in [1.165, 1.54) is 13.0 Å². The van der Waals surface area contributed by atoms with Crippen molar-refractivity contribution in [3.8, 4) is 0 Å². The van der Waals surface area contributed by atoms with E-state index in [9.17, 15) is 14.4 Å². The lowest BCUT2D eigenvalue weighted by atomic mass is 10.2. The van der Waals surface area contributed by atoms with Crippen molar-refractivity contribution < 1.29 is 19.5 Å². The minimum atomic E-state index is -0.984. The number of aromatic nitrogens is 2. The molecule has 0 unspecified atom stereocenters. The summed E-state index contributed by atoms with van der Waals surface area (Å²) in [7, 11) is 0. The van der Waals surface area contributed by atoms with E-state index in [1.807, 2.05) is 0 Å². The van der Waals surface area contributed by atoms with Gasteiger partial charge in [-0.25, -0.2) is 0 Å². The van der Waals surface area contributed by atoms with Crippen LogP contribution in [0, 0.1) is 5.92 Å². The number of amides is 2. The van der Waals surface area contributed by atoms with E-state index in [2.05, 4.69) is 26.0 Å². The number of hydrogen-bond donors (Lipinski definition) is 4. The summed E-state index contributed by atoms with van der Waals surface area (Å²) >= 11 is 0. The molecule has 158 valence electrons. The maximum Gasteiger partial charge on any atom is 0.308 e. The zero-order valence-electron chi connectivity index (χ0n) is 16.5. The quantitative estimate of drug-likeness (QED) is 0.412. The Kier molecular flexibility index (Phi) is 6.68. The summed E-state index contributed by atoms with van der Waals surface area (Å²) in [6.07, 6.45) is 1.53. The van der Waals surface area contributed by atoms with Crippen LogP contribution in [0.5, 0.6) is 0 Å². The Morgan fingerprint density at radius 2 is 2.21 bits per heavy atom. The van der Waals surface area contributed by atoms with Crippen LogP contribution >= 0.6 is 0 Å². The summed E-state index contributed by atoms with van der Waals surface area (Å²) < 4.78 is 1.56. The summed E-state index contributed by atoms with van der Waals surface area (Å²) in [6.45, 7) is 5.64. The molecule has 3 heterocycles. The molecular weight excluding hydrogens is 378 g/mol. The fraction of sp³-hybridized carbons (Fsp3) is 0.611. The number of carboxylic acid groups (broad SMARTS) is 1. The molecule has 29 heavy (non-hydrogen) atoms. The number of fused-ring (bicyclic) bond motifs is 1. The number of aryl methyl sites for hydroxylation is 1. The number of aliphatic carboxylic acids is 1. The summed E-state index contributed by atoms with van der Waals surface area (Å²) in [5.74, 6) is -1.51. The van der Waals surface area contributed by atoms with Crippen LogP contribution in [0.1, 0.15) is 40.7 Å². The number of nitrogens with one attached hydrogen (secondary N) is 3. The number of aliphatic imine (C=N–C) groups is 1. The van der Waals surface area contributed by atoms with Crippen LogP contribution in [-0.2, 0) is 11.3 Å². The van der Waals surface area contributed by atoms with Gasteiger partial charge in [0.2, 0.25) is 0 Å². The van der Waals surface area contributed by atoms with E-state index >= 15 is 0 Å². The molecular formula is C18H27N7O4. The standard InChI is InChI=1S/C18H27N7O4/c1-12(17(28)29)11-22-15(26)13-10-14-16(27)24(8-3-9-25(14)23-13)7-2-4-19-18-20-5-6-21-18/h10,12H,2-9,11H2,1H3,(H,22,26)(H,28,29)(H2,19,20,21)/t12-/m0/s1. The summed E-state index contributed by atoms with van der Waals surface area (Å²) in [5, 5.41) is 22.1. The third-order valence-electron chi connectivity index (χ3n) is 4.88. The Labute approximate surface area is 168 Å². The lowest BCUT2D eigenvalue weighted by Crippen LogP contribution is -2.37. The lowest BCUT2D eigenvalue weighted by molar-refractivity contribution is -0.140. The molecule has 0 aromatic carbocycles. The third kappa shape index (κ3) is 5.24. The summed E-state index contributed by atoms with van der Waals surface area (Å²) in [6, 6.07) is 1.48. The van der Waals surface area contributed by atoms with E-state index in [0.717, 1.165) is 31.9 Å². The second kappa shape index (κ2) is 9.39. The highest BCUT2D eigenvalue weighted by Gasteiger charge is 2.26. The van der Waals surface area contributed by atoms with Crippen molar-refractivity contribution in [1.29, 1.82) is 0 Å². The minimum absolute atomic E-state index is 0.00355. The van der Waals surface area contributed by atoms with Gasteiger partial charge in [-0.05, 0) is 12.8 Å². The predicted octanol–water partition coefficient (Wildman–Crippen LogP) is -0.882. The van der Waals surface area contributed by atoms with Crippen LogP contribution in [-0.4, -0.2) is 82.8 Å². The van der Waals surface area contributed by atoms with Crippen molar-refractivity contribution in [1.82, 2.24) is 30.6 Å². The predicted molar refractivity (Wildman–Crippen MR) is 105 cm³/mol. The largest absolute Gasteiger partial charge is 0.481 e. The number of hydrogen-bond acceptors (Lipinski definition) is 7. The molecule has 0 saturated heterocycles. The van der Waals surface area contributed by atoms with Crippen molar-refractivity contribution in [2.24, 2.45) is 10.9 Å². The molecule has 2 amide bonds. The van der Waals surface area contributed by atoms with Gasteiger partial charge < -0.3 is 26.0 Å². The first kappa shape index (κ1) is 20.6. The number of carbonyl (C=O) groups excluding carboxylic acids is 2. The van der Waals surface area contributed by atoms with Crippen molar-refractivity contribution in [3.63, 3.8) is 0 Å². The highest BCUT2D eigenvalue weighted by atomic mass is 16.4. The van der Waals surface area contributed by atoms with Gasteiger partial charge in [-0.1, -0.05) is 6.92 Å². The Morgan fingerprint density at radius 1 is 1.38 bits per heavy atom. The fourth-order valence-corrected chi connectivity index (χ4v) is 3.18. The molecule has 1 aromatic rings. The fourth-order valence-electron chi connectivity index (χ4n) is 3.18. The van der Waals surface area contributed by atoms with Gasteiger partial charge in [0.1, 0.15) is 5.69 Å². The third-order valence-corrected chi connectivity index (χ3v) is 4.88. The molecule has 2 aliphatic heterocycles. The van der Waals surface area contributed by atoms with E-state index in [0.29, 0.717) is 31.9 Å². The lowest BCUT2D eigenvalue weighted by Gasteiger charge is -2.20. The van der Waals surface area contributed by atoms with Crippen LogP contribution in [0.2, 0.25) is 0 Å². The number of nitrogens with zero attached hydrogens (tertiary/aromatic N) is 4. The smallest absolute Gasteiger partial charge is 0.308 e. The monoisotopic (exact) mass is 405 g/mol. The van der Waals surface area contributed by atoms with E-state index in [-0.39, 0.29) is 18.1 Å². The van der Waals surface area contributed by atoms with Crippen molar-refractivity contribution in [2.45, 2.75) is 26.3 Å². The molecule has 0 spiro atoms. The van der Waals surface area contributed by atoms with Gasteiger partial charge in [-0.3, -0.25) is 24.1 Å². The molecule has 4 N–H and O–H groups in total. The van der Waals surface area contributed by atoms with Crippen LogP contribution in [0.15, 0.2) is 11.1 Å². The van der Waals surface area contributed by atoms with Crippen molar-refractivity contribution >= 4 is 23.7 Å².